The van der Waals surface area contributed by atoms with Gasteiger partial charge in [-0.25, -0.2) is 9.97 Å². The van der Waals surface area contributed by atoms with Crippen molar-refractivity contribution in [2.75, 3.05) is 0 Å². The van der Waals surface area contributed by atoms with E-state index in [0.717, 1.165) is 83.7 Å². The third-order valence-electron chi connectivity index (χ3n) is 9.74. The van der Waals surface area contributed by atoms with E-state index in [9.17, 15) is 4.79 Å². The number of carbonyl (C=O) groups excluding carboxylic acids is 1. The van der Waals surface area contributed by atoms with Crippen molar-refractivity contribution in [3.05, 3.63) is 168 Å². The minimum atomic E-state index is -0.0215. The summed E-state index contributed by atoms with van der Waals surface area (Å²) >= 11 is 0. The second-order valence-corrected chi connectivity index (χ2v) is 12.7. The molecule has 8 bridgehead atoms. The van der Waals surface area contributed by atoms with E-state index in [-0.39, 0.29) is 5.78 Å². The minimum Gasteiger partial charge on any atom is -0.354 e. The van der Waals surface area contributed by atoms with Crippen LogP contribution in [0.15, 0.2) is 140 Å². The summed E-state index contributed by atoms with van der Waals surface area (Å²) in [7, 11) is 0. The molecule has 7 aromatic rings. The Labute approximate surface area is 288 Å². The molecule has 0 amide bonds. The van der Waals surface area contributed by atoms with Gasteiger partial charge >= 0.3 is 0 Å². The summed E-state index contributed by atoms with van der Waals surface area (Å²) in [5.74, 6) is -0.0215. The maximum Gasteiger partial charge on any atom is 0.195 e. The Morgan fingerprint density at radius 3 is 1.32 bits per heavy atom. The first-order chi connectivity index (χ1) is 24.7. The lowest BCUT2D eigenvalue weighted by molar-refractivity contribution is 0.105. The van der Waals surface area contributed by atoms with Crippen LogP contribution in [0.3, 0.4) is 0 Å². The largest absolute Gasteiger partial charge is 0.354 e. The van der Waals surface area contributed by atoms with Gasteiger partial charge in [0.05, 0.1) is 28.3 Å². The van der Waals surface area contributed by atoms with Gasteiger partial charge in [0.15, 0.2) is 5.78 Å². The summed E-state index contributed by atoms with van der Waals surface area (Å²) in [5.41, 5.74) is 15.9. The molecule has 50 heavy (non-hydrogen) atoms. The average Bonchev–Trinajstić information content (AvgIpc) is 4.00. The molecule has 10 rings (SSSR count). The van der Waals surface area contributed by atoms with Crippen molar-refractivity contribution in [1.29, 1.82) is 0 Å². The van der Waals surface area contributed by atoms with Crippen LogP contribution in [0.1, 0.15) is 33.1 Å². The molecule has 0 atom stereocenters. The number of carbonyl (C=O) groups is 1. The molecule has 0 radical (unpaired) electrons. The molecule has 0 spiro atoms. The molecule has 3 aliphatic rings. The average molecular weight is 641 g/mol. The number of H-pyrrole nitrogens is 2. The van der Waals surface area contributed by atoms with Crippen molar-refractivity contribution in [2.24, 2.45) is 0 Å². The van der Waals surface area contributed by atoms with Gasteiger partial charge < -0.3 is 9.97 Å². The predicted molar refractivity (Wildman–Crippen MR) is 204 cm³/mol. The van der Waals surface area contributed by atoms with Crippen LogP contribution in [0.2, 0.25) is 0 Å². The standard InChI is InChI=1S/C45H28N4O/c50-45-31-19-11-10-18-30(31)43-38-25-24-36(48-38)41(28-14-6-2-7-15-28)34-21-20-33(46-34)40(27-12-4-1-5-13-27)35-22-23-37(47-35)42(29-16-8-3-9-17-29)39-26-32(45)44(43)49-39/h1-26,47-48H. The molecule has 5 heterocycles. The van der Waals surface area contributed by atoms with E-state index in [1.165, 1.54) is 0 Å². The van der Waals surface area contributed by atoms with Crippen LogP contribution in [0.5, 0.6) is 0 Å². The summed E-state index contributed by atoms with van der Waals surface area (Å²) < 4.78 is 0. The summed E-state index contributed by atoms with van der Waals surface area (Å²) in [4.78, 5) is 32.4. The lowest BCUT2D eigenvalue weighted by atomic mass is 9.85. The Hall–Kier alpha value is -6.85. The highest BCUT2D eigenvalue weighted by Gasteiger charge is 2.32. The zero-order chi connectivity index (χ0) is 33.2. The number of hydrogen-bond acceptors (Lipinski definition) is 3. The fourth-order valence-electron chi connectivity index (χ4n) is 7.51. The number of allylic oxidation sites excluding steroid dienone is 1. The summed E-state index contributed by atoms with van der Waals surface area (Å²) in [6, 6.07) is 47.3. The number of rotatable bonds is 3. The molecule has 5 heteroatoms. The topological polar surface area (TPSA) is 74.4 Å². The maximum absolute atomic E-state index is 14.2. The van der Waals surface area contributed by atoms with Gasteiger partial charge in [-0.15, -0.1) is 0 Å². The van der Waals surface area contributed by atoms with E-state index >= 15 is 0 Å². The van der Waals surface area contributed by atoms with Gasteiger partial charge in [0.2, 0.25) is 0 Å². The minimum absolute atomic E-state index is 0.0215. The third kappa shape index (κ3) is 4.37. The van der Waals surface area contributed by atoms with Crippen molar-refractivity contribution in [3.63, 3.8) is 0 Å². The van der Waals surface area contributed by atoms with E-state index in [0.29, 0.717) is 16.8 Å². The molecule has 2 aliphatic heterocycles. The van der Waals surface area contributed by atoms with Crippen LogP contribution in [0.4, 0.5) is 0 Å². The van der Waals surface area contributed by atoms with Crippen molar-refractivity contribution >= 4 is 51.7 Å². The highest BCUT2D eigenvalue weighted by molar-refractivity contribution is 6.38. The molecule has 0 saturated heterocycles. The van der Waals surface area contributed by atoms with Crippen molar-refractivity contribution < 1.29 is 4.79 Å². The fourth-order valence-corrected chi connectivity index (χ4v) is 7.51. The molecule has 4 aromatic carbocycles. The van der Waals surface area contributed by atoms with E-state index in [1.54, 1.807) is 0 Å². The first kappa shape index (κ1) is 28.2. The molecule has 0 unspecified atom stereocenters. The van der Waals surface area contributed by atoms with Gasteiger partial charge in [-0.2, -0.15) is 0 Å². The molecule has 5 nitrogen and oxygen atoms in total. The first-order valence-corrected chi connectivity index (χ1v) is 16.7. The quantitative estimate of drug-likeness (QED) is 0.202. The highest BCUT2D eigenvalue weighted by Crippen LogP contribution is 2.45. The van der Waals surface area contributed by atoms with Crippen molar-refractivity contribution in [3.8, 4) is 44.5 Å². The molecule has 234 valence electrons. The number of benzene rings is 4. The molecular formula is C45H28N4O. The van der Waals surface area contributed by atoms with Crippen LogP contribution in [0, 0.1) is 0 Å². The van der Waals surface area contributed by atoms with Crippen LogP contribution in [-0.2, 0) is 0 Å². The van der Waals surface area contributed by atoms with Gasteiger partial charge in [-0.05, 0) is 64.7 Å². The summed E-state index contributed by atoms with van der Waals surface area (Å²) in [6.07, 6.45) is 6.18. The van der Waals surface area contributed by atoms with Crippen molar-refractivity contribution in [1.82, 2.24) is 19.9 Å². The maximum atomic E-state index is 14.2. The molecular weight excluding hydrogens is 613 g/mol. The predicted octanol–water partition coefficient (Wildman–Crippen LogP) is 10.9. The van der Waals surface area contributed by atoms with Crippen LogP contribution in [-0.4, -0.2) is 25.7 Å². The van der Waals surface area contributed by atoms with Crippen molar-refractivity contribution in [2.45, 2.75) is 0 Å². The fraction of sp³-hybridized carbons (Fsp3) is 0. The lowest BCUT2D eigenvalue weighted by Crippen LogP contribution is -2.10. The lowest BCUT2D eigenvalue weighted by Gasteiger charge is -2.17. The van der Waals surface area contributed by atoms with E-state index < -0.39 is 0 Å². The zero-order valence-corrected chi connectivity index (χ0v) is 26.8. The molecule has 1 aliphatic carbocycles. The SMILES string of the molecule is O=C1C2=Cc3nc2c(c2ccc([nH]2)c(-c2ccccc2)c2nc(c(-c4ccccc4)c4ccc([nH]4)c3-c3ccccc3)C=C2)-c2ccccc21. The van der Waals surface area contributed by atoms with Gasteiger partial charge in [-0.3, -0.25) is 4.79 Å². The van der Waals surface area contributed by atoms with E-state index in [2.05, 4.69) is 107 Å². The second-order valence-electron chi connectivity index (χ2n) is 12.7. The highest BCUT2D eigenvalue weighted by atomic mass is 16.1. The van der Waals surface area contributed by atoms with E-state index in [1.807, 2.05) is 60.7 Å². The number of fused-ring (bicyclic) bond motifs is 10. The van der Waals surface area contributed by atoms with Gasteiger partial charge in [0.25, 0.3) is 0 Å². The number of ketones is 1. The Balaban J connectivity index is 1.43. The number of hydrogen-bond donors (Lipinski definition) is 2. The Kier molecular flexibility index (Phi) is 6.26. The first-order valence-electron chi connectivity index (χ1n) is 16.7. The van der Waals surface area contributed by atoms with Crippen LogP contribution >= 0.6 is 0 Å². The summed E-state index contributed by atoms with van der Waals surface area (Å²) in [5, 5.41) is 0. The molecule has 0 saturated carbocycles. The number of Topliss-reactive ketones (excluding diaryl/α,β-unsaturated/α-hetero) is 1. The van der Waals surface area contributed by atoms with Gasteiger partial charge in [-0.1, -0.05) is 115 Å². The number of aromatic amines is 2. The number of nitrogens with zero attached hydrogens (tertiary/aromatic N) is 2. The Morgan fingerprint density at radius 1 is 0.400 bits per heavy atom. The van der Waals surface area contributed by atoms with Crippen LogP contribution in [0.25, 0.3) is 90.4 Å². The zero-order valence-electron chi connectivity index (χ0n) is 26.8. The normalized spacial score (nSPS) is 12.9. The van der Waals surface area contributed by atoms with Crippen LogP contribution < -0.4 is 0 Å². The molecule has 2 N–H and O–H groups in total. The Bertz CT molecular complexity index is 2750. The molecule has 0 fully saturated rings. The number of nitrogens with one attached hydrogen (secondary N) is 2. The third-order valence-corrected chi connectivity index (χ3v) is 9.74. The molecule has 3 aromatic heterocycles. The Morgan fingerprint density at radius 2 is 0.820 bits per heavy atom. The summed E-state index contributed by atoms with van der Waals surface area (Å²) in [6.45, 7) is 0. The smallest absolute Gasteiger partial charge is 0.195 e. The van der Waals surface area contributed by atoms with Gasteiger partial charge in [0, 0.05) is 49.9 Å². The van der Waals surface area contributed by atoms with E-state index in [4.69, 9.17) is 9.97 Å². The number of aromatic nitrogens is 4. The van der Waals surface area contributed by atoms with Gasteiger partial charge in [0.1, 0.15) is 0 Å². The monoisotopic (exact) mass is 640 g/mol. The second kappa shape index (κ2) is 11.1.